The van der Waals surface area contributed by atoms with Crippen LogP contribution in [0.4, 0.5) is 0 Å². The zero-order chi connectivity index (χ0) is 16.6. The molecule has 0 aromatic carbocycles. The second-order valence-corrected chi connectivity index (χ2v) is 5.42. The third kappa shape index (κ3) is 2.43. The zero-order valence-electron chi connectivity index (χ0n) is 13.2. The number of pyridine rings is 1. The summed E-state index contributed by atoms with van der Waals surface area (Å²) in [5.74, 6) is -0.555. The van der Waals surface area contributed by atoms with Crippen molar-refractivity contribution in [1.82, 2.24) is 14.3 Å². The smallest absolute Gasteiger partial charge is 0.357 e. The van der Waals surface area contributed by atoms with Gasteiger partial charge in [-0.2, -0.15) is 5.10 Å². The van der Waals surface area contributed by atoms with E-state index in [1.807, 2.05) is 13.8 Å². The Morgan fingerprint density at radius 2 is 2.00 bits per heavy atom. The molecule has 0 saturated carbocycles. The molecule has 0 aliphatic carbocycles. The molecule has 0 aliphatic heterocycles. The molecule has 0 fully saturated rings. The fourth-order valence-corrected chi connectivity index (χ4v) is 2.84. The van der Waals surface area contributed by atoms with Crippen molar-refractivity contribution < 1.29 is 9.53 Å². The molecule has 2 aromatic rings. The Labute approximate surface area is 133 Å². The fourth-order valence-electron chi connectivity index (χ4n) is 2.54. The Morgan fingerprint density at radius 3 is 2.55 bits per heavy atom. The Hall–Kier alpha value is -2.08. The normalized spacial score (nSPS) is 10.8. The van der Waals surface area contributed by atoms with Crippen LogP contribution in [-0.4, -0.2) is 27.4 Å². The molecule has 0 atom stereocenters. The van der Waals surface area contributed by atoms with Crippen LogP contribution in [0.3, 0.4) is 0 Å². The van der Waals surface area contributed by atoms with Crippen molar-refractivity contribution in [3.63, 3.8) is 0 Å². The van der Waals surface area contributed by atoms with E-state index in [0.717, 1.165) is 5.56 Å². The molecule has 7 heteroatoms. The van der Waals surface area contributed by atoms with Crippen molar-refractivity contribution in [2.75, 3.05) is 7.11 Å². The van der Waals surface area contributed by atoms with Gasteiger partial charge in [0.25, 0.3) is 5.56 Å². The number of aryl methyl sites for hydroxylation is 3. The number of aromatic nitrogens is 3. The number of carbonyl (C=O) groups excluding carboxylic acids is 1. The second kappa shape index (κ2) is 5.96. The molecule has 0 spiro atoms. The van der Waals surface area contributed by atoms with Crippen molar-refractivity contribution in [2.45, 2.75) is 27.3 Å². The molecule has 2 heterocycles. The van der Waals surface area contributed by atoms with Gasteiger partial charge in [0.05, 0.1) is 12.8 Å². The minimum atomic E-state index is -0.555. The third-order valence-corrected chi connectivity index (χ3v) is 3.94. The van der Waals surface area contributed by atoms with Gasteiger partial charge in [0.2, 0.25) is 0 Å². The lowest BCUT2D eigenvalue weighted by Gasteiger charge is -2.11. The maximum Gasteiger partial charge on any atom is 0.357 e. The van der Waals surface area contributed by atoms with Crippen LogP contribution in [0, 0.1) is 13.8 Å². The highest BCUT2D eigenvalue weighted by molar-refractivity contribution is 6.35. The number of nitrogens with zero attached hydrogens (tertiary/aromatic N) is 3. The highest BCUT2D eigenvalue weighted by Gasteiger charge is 2.25. The summed E-state index contributed by atoms with van der Waals surface area (Å²) >= 11 is 6.35. The van der Waals surface area contributed by atoms with Crippen LogP contribution in [0.15, 0.2) is 10.9 Å². The molecule has 0 saturated heterocycles. The van der Waals surface area contributed by atoms with Crippen LogP contribution >= 0.6 is 11.6 Å². The molecule has 0 bridgehead atoms. The fraction of sp³-hybridized carbons (Fsp3) is 0.400. The van der Waals surface area contributed by atoms with Gasteiger partial charge in [0.1, 0.15) is 10.7 Å². The first-order valence-corrected chi connectivity index (χ1v) is 7.23. The summed E-state index contributed by atoms with van der Waals surface area (Å²) in [5.41, 5.74) is 2.57. The van der Waals surface area contributed by atoms with E-state index in [2.05, 4.69) is 5.10 Å². The van der Waals surface area contributed by atoms with E-state index in [1.54, 1.807) is 20.0 Å². The van der Waals surface area contributed by atoms with Crippen LogP contribution in [0.2, 0.25) is 5.02 Å². The third-order valence-electron chi connectivity index (χ3n) is 3.58. The number of halogens is 1. The van der Waals surface area contributed by atoms with Gasteiger partial charge < -0.3 is 9.30 Å². The molecule has 0 N–H and O–H groups in total. The lowest BCUT2D eigenvalue weighted by atomic mass is 10.1. The van der Waals surface area contributed by atoms with Gasteiger partial charge in [0.15, 0.2) is 5.69 Å². The van der Waals surface area contributed by atoms with Crippen molar-refractivity contribution in [1.29, 1.82) is 0 Å². The molecular weight excluding hydrogens is 306 g/mol. The van der Waals surface area contributed by atoms with Gasteiger partial charge in [-0.1, -0.05) is 11.6 Å². The minimum Gasteiger partial charge on any atom is -0.464 e. The van der Waals surface area contributed by atoms with Crippen molar-refractivity contribution in [2.24, 2.45) is 7.05 Å². The van der Waals surface area contributed by atoms with Crippen LogP contribution in [0.5, 0.6) is 0 Å². The predicted octanol–water partition coefficient (Wildman–Crippen LogP) is 2.33. The highest BCUT2D eigenvalue weighted by atomic mass is 35.5. The van der Waals surface area contributed by atoms with Gasteiger partial charge in [-0.05, 0) is 32.4 Å². The molecule has 2 rings (SSSR count). The average Bonchev–Trinajstić information content (AvgIpc) is 2.81. The van der Waals surface area contributed by atoms with Crippen molar-refractivity contribution in [3.05, 3.63) is 38.3 Å². The Morgan fingerprint density at radius 1 is 1.36 bits per heavy atom. The molecule has 0 aliphatic rings. The largest absolute Gasteiger partial charge is 0.464 e. The summed E-state index contributed by atoms with van der Waals surface area (Å²) in [5, 5.41) is 4.57. The van der Waals surface area contributed by atoms with Gasteiger partial charge in [-0.3, -0.25) is 9.48 Å². The molecular formula is C15H18ClN3O3. The van der Waals surface area contributed by atoms with Gasteiger partial charge in [-0.15, -0.1) is 0 Å². The van der Waals surface area contributed by atoms with Crippen LogP contribution in [0.25, 0.3) is 11.4 Å². The lowest BCUT2D eigenvalue weighted by Crippen LogP contribution is -2.21. The van der Waals surface area contributed by atoms with E-state index < -0.39 is 5.97 Å². The molecule has 0 amide bonds. The predicted molar refractivity (Wildman–Crippen MR) is 84.4 cm³/mol. The van der Waals surface area contributed by atoms with E-state index in [1.165, 1.54) is 16.4 Å². The SMILES string of the molecule is CCn1nc(-c2c(C)cc(C)c(=O)n2C)c(Cl)c1C(=O)OC. The molecule has 0 radical (unpaired) electrons. The summed E-state index contributed by atoms with van der Waals surface area (Å²) < 4.78 is 7.74. The Bertz CT molecular complexity index is 805. The first-order valence-electron chi connectivity index (χ1n) is 6.85. The number of carbonyl (C=O) groups is 1. The van der Waals surface area contributed by atoms with E-state index >= 15 is 0 Å². The molecule has 6 nitrogen and oxygen atoms in total. The standard InChI is InChI=1S/C15H18ClN3O3/c1-6-19-13(15(21)22-5)10(16)11(17-19)12-8(2)7-9(3)14(20)18(12)4/h7H,6H2,1-5H3. The molecule has 2 aromatic heterocycles. The molecule has 0 unspecified atom stereocenters. The van der Waals surface area contributed by atoms with Crippen LogP contribution < -0.4 is 5.56 Å². The van der Waals surface area contributed by atoms with E-state index in [-0.39, 0.29) is 16.3 Å². The number of esters is 1. The maximum atomic E-state index is 12.2. The minimum absolute atomic E-state index is 0.123. The Kier molecular flexibility index (Phi) is 4.42. The van der Waals surface area contributed by atoms with Crippen LogP contribution in [0.1, 0.15) is 28.5 Å². The van der Waals surface area contributed by atoms with Crippen molar-refractivity contribution >= 4 is 17.6 Å². The number of hydrogen-bond acceptors (Lipinski definition) is 4. The lowest BCUT2D eigenvalue weighted by molar-refractivity contribution is 0.0587. The zero-order valence-corrected chi connectivity index (χ0v) is 14.0. The van der Waals surface area contributed by atoms with Crippen LogP contribution in [-0.2, 0) is 18.3 Å². The maximum absolute atomic E-state index is 12.2. The monoisotopic (exact) mass is 323 g/mol. The highest BCUT2D eigenvalue weighted by Crippen LogP contribution is 2.31. The first kappa shape index (κ1) is 16.3. The van der Waals surface area contributed by atoms with E-state index in [9.17, 15) is 9.59 Å². The average molecular weight is 324 g/mol. The number of hydrogen-bond donors (Lipinski definition) is 0. The van der Waals surface area contributed by atoms with Gasteiger partial charge in [0, 0.05) is 19.2 Å². The molecule has 22 heavy (non-hydrogen) atoms. The van der Waals surface area contributed by atoms with Gasteiger partial charge >= 0.3 is 5.97 Å². The number of ether oxygens (including phenoxy) is 1. The second-order valence-electron chi connectivity index (χ2n) is 5.04. The topological polar surface area (TPSA) is 66.1 Å². The summed E-state index contributed by atoms with van der Waals surface area (Å²) in [6.45, 7) is 5.94. The number of rotatable bonds is 3. The summed E-state index contributed by atoms with van der Waals surface area (Å²) in [6, 6.07) is 1.79. The quantitative estimate of drug-likeness (QED) is 0.813. The summed E-state index contributed by atoms with van der Waals surface area (Å²) in [4.78, 5) is 24.1. The van der Waals surface area contributed by atoms with E-state index in [4.69, 9.17) is 16.3 Å². The first-order chi connectivity index (χ1) is 10.3. The van der Waals surface area contributed by atoms with Crippen molar-refractivity contribution in [3.8, 4) is 11.4 Å². The number of methoxy groups -OCH3 is 1. The van der Waals surface area contributed by atoms with Gasteiger partial charge in [-0.25, -0.2) is 4.79 Å². The summed E-state index contributed by atoms with van der Waals surface area (Å²) in [7, 11) is 2.95. The summed E-state index contributed by atoms with van der Waals surface area (Å²) in [6.07, 6.45) is 0. The van der Waals surface area contributed by atoms with E-state index in [0.29, 0.717) is 23.5 Å². The Balaban J connectivity index is 2.81. The molecule has 118 valence electrons.